The smallest absolute Gasteiger partial charge is 0.122 e. The van der Waals surface area contributed by atoms with Crippen molar-refractivity contribution in [2.24, 2.45) is 0 Å². The lowest BCUT2D eigenvalue weighted by molar-refractivity contribution is 0.108. The Balaban J connectivity index is 4.06. The number of hydrogen-bond acceptors (Lipinski definition) is 2. The zero-order valence-corrected chi connectivity index (χ0v) is 13.7. The minimum absolute atomic E-state index is 0.575. The third-order valence-electron chi connectivity index (χ3n) is 2.98. The van der Waals surface area contributed by atoms with Gasteiger partial charge in [-0.15, -0.1) is 23.2 Å². The molecule has 0 aliphatic rings. The number of unbranched alkanes of at least 4 members (excludes halogenated alkanes) is 3. The van der Waals surface area contributed by atoms with Gasteiger partial charge in [-0.3, -0.25) is 4.90 Å². The average molecular weight is 308 g/mol. The topological polar surface area (TPSA) is 23.5 Å². The Kier molecular flexibility index (Phi) is 11.9. The van der Waals surface area contributed by atoms with Gasteiger partial charge in [0.25, 0.3) is 0 Å². The summed E-state index contributed by atoms with van der Waals surface area (Å²) >= 11 is 11.4. The van der Waals surface area contributed by atoms with Gasteiger partial charge in [0.1, 0.15) is 5.60 Å². The van der Waals surface area contributed by atoms with Crippen molar-refractivity contribution in [1.29, 1.82) is 0 Å². The van der Waals surface area contributed by atoms with Gasteiger partial charge >= 0.3 is 0 Å². The molecule has 0 aromatic heterocycles. The van der Waals surface area contributed by atoms with Gasteiger partial charge in [-0.2, -0.15) is 0 Å². The van der Waals surface area contributed by atoms with Gasteiger partial charge in [-0.25, -0.2) is 0 Å². The van der Waals surface area contributed by atoms with Crippen molar-refractivity contribution in [2.45, 2.75) is 51.6 Å². The maximum Gasteiger partial charge on any atom is 0.122 e. The third-order valence-corrected chi connectivity index (χ3v) is 3.32. The summed E-state index contributed by atoms with van der Waals surface area (Å²) in [5, 5.41) is 10.1. The number of nitrogens with zero attached hydrogens (tertiary/aromatic N) is 1. The van der Waals surface area contributed by atoms with Crippen molar-refractivity contribution in [3.63, 3.8) is 0 Å². The SMILES string of the molecule is CCCCCCC(C)(O)C#CCN(CCCl)CCCl. The van der Waals surface area contributed by atoms with E-state index in [0.29, 0.717) is 18.3 Å². The molecule has 0 amide bonds. The summed E-state index contributed by atoms with van der Waals surface area (Å²) in [5.74, 6) is 7.16. The Hall–Kier alpha value is 0.0600. The van der Waals surface area contributed by atoms with Crippen LogP contribution in [0, 0.1) is 11.8 Å². The maximum atomic E-state index is 10.1. The number of alkyl halides is 2. The monoisotopic (exact) mass is 307 g/mol. The molecule has 19 heavy (non-hydrogen) atoms. The molecule has 4 heteroatoms. The van der Waals surface area contributed by atoms with Gasteiger partial charge in [0.15, 0.2) is 0 Å². The number of aliphatic hydroxyl groups is 1. The fourth-order valence-corrected chi connectivity index (χ4v) is 2.29. The molecule has 0 radical (unpaired) electrons. The molecule has 1 atom stereocenters. The van der Waals surface area contributed by atoms with E-state index in [4.69, 9.17) is 23.2 Å². The summed E-state index contributed by atoms with van der Waals surface area (Å²) in [6.07, 6.45) is 5.37. The van der Waals surface area contributed by atoms with Gasteiger partial charge in [0, 0.05) is 24.8 Å². The highest BCUT2D eigenvalue weighted by molar-refractivity contribution is 6.18. The molecule has 0 spiro atoms. The Morgan fingerprint density at radius 1 is 1.11 bits per heavy atom. The lowest BCUT2D eigenvalue weighted by Crippen LogP contribution is -2.29. The molecule has 0 rings (SSSR count). The zero-order valence-electron chi connectivity index (χ0n) is 12.2. The van der Waals surface area contributed by atoms with Crippen LogP contribution in [0.1, 0.15) is 46.0 Å². The van der Waals surface area contributed by atoms with Crippen LogP contribution in [-0.4, -0.2) is 47.0 Å². The van der Waals surface area contributed by atoms with Crippen molar-refractivity contribution in [2.75, 3.05) is 31.4 Å². The molecule has 0 aliphatic heterocycles. The van der Waals surface area contributed by atoms with Crippen molar-refractivity contribution in [3.05, 3.63) is 0 Å². The Morgan fingerprint density at radius 3 is 2.26 bits per heavy atom. The highest BCUT2D eigenvalue weighted by atomic mass is 35.5. The summed E-state index contributed by atoms with van der Waals surface area (Å²) < 4.78 is 0. The van der Waals surface area contributed by atoms with Crippen molar-refractivity contribution in [1.82, 2.24) is 4.90 Å². The first-order chi connectivity index (χ1) is 9.05. The maximum absolute atomic E-state index is 10.1. The quantitative estimate of drug-likeness (QED) is 0.379. The fraction of sp³-hybridized carbons (Fsp3) is 0.867. The van der Waals surface area contributed by atoms with Crippen molar-refractivity contribution in [3.8, 4) is 11.8 Å². The predicted molar refractivity (Wildman–Crippen MR) is 85.0 cm³/mol. The summed E-state index contributed by atoms with van der Waals surface area (Å²) in [5.41, 5.74) is -0.874. The number of hydrogen-bond donors (Lipinski definition) is 1. The molecule has 0 aromatic carbocycles. The van der Waals surface area contributed by atoms with Crippen molar-refractivity contribution < 1.29 is 5.11 Å². The molecular formula is C15H27Cl2NO. The molecule has 0 saturated carbocycles. The Labute approximate surface area is 128 Å². The summed E-state index contributed by atoms with van der Waals surface area (Å²) in [4.78, 5) is 2.10. The second kappa shape index (κ2) is 11.9. The predicted octanol–water partition coefficient (Wildman–Crippen LogP) is 3.49. The van der Waals surface area contributed by atoms with Crippen LogP contribution in [0.5, 0.6) is 0 Å². The molecule has 0 fully saturated rings. The molecule has 112 valence electrons. The first kappa shape index (κ1) is 19.1. The first-order valence-electron chi connectivity index (χ1n) is 7.12. The summed E-state index contributed by atoms with van der Waals surface area (Å²) in [6.45, 7) is 6.15. The molecule has 1 unspecified atom stereocenters. The van der Waals surface area contributed by atoms with E-state index in [-0.39, 0.29) is 0 Å². The normalized spacial score (nSPS) is 14.0. The van der Waals surface area contributed by atoms with Gasteiger partial charge in [-0.1, -0.05) is 38.0 Å². The van der Waals surface area contributed by atoms with E-state index in [1.54, 1.807) is 6.92 Å². The molecule has 0 saturated heterocycles. The van der Waals surface area contributed by atoms with E-state index >= 15 is 0 Å². The molecular weight excluding hydrogens is 281 g/mol. The van der Waals surface area contributed by atoms with Crippen LogP contribution in [0.15, 0.2) is 0 Å². The van der Waals surface area contributed by atoms with Crippen LogP contribution in [0.3, 0.4) is 0 Å². The lowest BCUT2D eigenvalue weighted by Gasteiger charge is -2.18. The van der Waals surface area contributed by atoms with Gasteiger partial charge in [-0.05, 0) is 19.8 Å². The van der Waals surface area contributed by atoms with Crippen LogP contribution < -0.4 is 0 Å². The summed E-state index contributed by atoms with van der Waals surface area (Å²) in [7, 11) is 0. The average Bonchev–Trinajstić information content (AvgIpc) is 2.35. The minimum atomic E-state index is -0.874. The number of rotatable bonds is 10. The van der Waals surface area contributed by atoms with Gasteiger partial charge < -0.3 is 5.11 Å². The van der Waals surface area contributed by atoms with Gasteiger partial charge in [0.05, 0.1) is 6.54 Å². The molecule has 0 bridgehead atoms. The summed E-state index contributed by atoms with van der Waals surface area (Å²) in [6, 6.07) is 0. The molecule has 0 aliphatic carbocycles. The molecule has 0 aromatic rings. The van der Waals surface area contributed by atoms with Crippen LogP contribution in [0.25, 0.3) is 0 Å². The fourth-order valence-electron chi connectivity index (χ4n) is 1.81. The highest BCUT2D eigenvalue weighted by Crippen LogP contribution is 2.14. The van der Waals surface area contributed by atoms with Gasteiger partial charge in [0.2, 0.25) is 0 Å². The highest BCUT2D eigenvalue weighted by Gasteiger charge is 2.15. The van der Waals surface area contributed by atoms with Crippen LogP contribution in [0.4, 0.5) is 0 Å². The third kappa shape index (κ3) is 11.6. The van der Waals surface area contributed by atoms with Crippen LogP contribution in [0.2, 0.25) is 0 Å². The lowest BCUT2D eigenvalue weighted by atomic mass is 9.98. The second-order valence-corrected chi connectivity index (χ2v) is 5.80. The first-order valence-corrected chi connectivity index (χ1v) is 8.19. The molecule has 2 nitrogen and oxygen atoms in total. The van der Waals surface area contributed by atoms with E-state index in [1.165, 1.54) is 19.3 Å². The minimum Gasteiger partial charge on any atom is -0.378 e. The largest absolute Gasteiger partial charge is 0.378 e. The van der Waals surface area contributed by atoms with Crippen LogP contribution in [-0.2, 0) is 0 Å². The van der Waals surface area contributed by atoms with E-state index in [9.17, 15) is 5.11 Å². The van der Waals surface area contributed by atoms with Crippen molar-refractivity contribution >= 4 is 23.2 Å². The number of halogens is 2. The molecule has 0 heterocycles. The van der Waals surface area contributed by atoms with E-state index in [2.05, 4.69) is 23.7 Å². The van der Waals surface area contributed by atoms with E-state index in [1.807, 2.05) is 0 Å². The van der Waals surface area contributed by atoms with Crippen LogP contribution >= 0.6 is 23.2 Å². The Bertz CT molecular complexity index is 265. The van der Waals surface area contributed by atoms with E-state index < -0.39 is 5.60 Å². The van der Waals surface area contributed by atoms with E-state index in [0.717, 1.165) is 25.9 Å². The Morgan fingerprint density at radius 2 is 1.74 bits per heavy atom. The second-order valence-electron chi connectivity index (χ2n) is 5.04. The molecule has 1 N–H and O–H groups in total. The zero-order chi connectivity index (χ0) is 14.6. The standard InChI is InChI=1S/C15H27Cl2NO/c1-3-4-5-6-8-15(2,19)9-7-12-18(13-10-16)14-11-17/h19H,3-6,8,10-14H2,1-2H3.